The van der Waals surface area contributed by atoms with Crippen LogP contribution in [0.2, 0.25) is 0 Å². The standard InChI is InChI=1S/C19H21FN2O5/c1-11(2)16(22-17(23)15-4-3-9-27-15)18(24)21-10-14(19(25)26)12-5-7-13(20)8-6-12/h3-9,11,14,16H,10H2,1-2H3,(H,21,24)(H,22,23)(H,25,26). The number of aliphatic carboxylic acids is 1. The molecule has 2 aromatic rings. The van der Waals surface area contributed by atoms with Crippen molar-refractivity contribution < 1.29 is 28.3 Å². The van der Waals surface area contributed by atoms with E-state index in [1.165, 1.54) is 24.5 Å². The van der Waals surface area contributed by atoms with Gasteiger partial charge in [-0.15, -0.1) is 0 Å². The molecular formula is C19H21FN2O5. The van der Waals surface area contributed by atoms with Crippen LogP contribution in [0.15, 0.2) is 47.1 Å². The lowest BCUT2D eigenvalue weighted by Crippen LogP contribution is -2.50. The van der Waals surface area contributed by atoms with Crippen molar-refractivity contribution in [1.29, 1.82) is 0 Å². The molecule has 0 saturated heterocycles. The van der Waals surface area contributed by atoms with E-state index in [0.717, 1.165) is 12.1 Å². The summed E-state index contributed by atoms with van der Waals surface area (Å²) in [6, 6.07) is 7.20. The molecule has 144 valence electrons. The number of amides is 2. The van der Waals surface area contributed by atoms with Crippen LogP contribution < -0.4 is 10.6 Å². The van der Waals surface area contributed by atoms with Crippen molar-refractivity contribution in [3.63, 3.8) is 0 Å². The quantitative estimate of drug-likeness (QED) is 0.654. The molecule has 0 saturated carbocycles. The zero-order chi connectivity index (χ0) is 20.0. The summed E-state index contributed by atoms with van der Waals surface area (Å²) in [5.41, 5.74) is 0.366. The van der Waals surface area contributed by atoms with Crippen molar-refractivity contribution in [2.24, 2.45) is 5.92 Å². The van der Waals surface area contributed by atoms with E-state index < -0.39 is 35.6 Å². The first-order valence-electron chi connectivity index (χ1n) is 8.40. The van der Waals surface area contributed by atoms with Crippen molar-refractivity contribution in [2.45, 2.75) is 25.8 Å². The molecule has 27 heavy (non-hydrogen) atoms. The Bertz CT molecular complexity index is 787. The fourth-order valence-corrected chi connectivity index (χ4v) is 2.51. The summed E-state index contributed by atoms with van der Waals surface area (Å²) in [5, 5.41) is 14.5. The number of carboxylic acids is 1. The normalized spacial score (nSPS) is 13.0. The summed E-state index contributed by atoms with van der Waals surface area (Å²) >= 11 is 0. The van der Waals surface area contributed by atoms with Crippen LogP contribution in [0.3, 0.4) is 0 Å². The van der Waals surface area contributed by atoms with Crippen molar-refractivity contribution in [1.82, 2.24) is 10.6 Å². The molecule has 2 atom stereocenters. The predicted octanol–water partition coefficient (Wildman–Crippen LogP) is 2.16. The van der Waals surface area contributed by atoms with Crippen LogP contribution in [0.1, 0.15) is 35.9 Å². The number of carbonyl (C=O) groups is 3. The Kier molecular flexibility index (Phi) is 6.70. The van der Waals surface area contributed by atoms with Gasteiger partial charge in [0.25, 0.3) is 5.91 Å². The molecule has 0 fully saturated rings. The molecular weight excluding hydrogens is 355 g/mol. The summed E-state index contributed by atoms with van der Waals surface area (Å²) in [4.78, 5) is 36.1. The number of hydrogen-bond donors (Lipinski definition) is 3. The van der Waals surface area contributed by atoms with Gasteiger partial charge in [-0.2, -0.15) is 0 Å². The first kappa shape index (κ1) is 20.2. The third-order valence-electron chi connectivity index (χ3n) is 4.03. The lowest BCUT2D eigenvalue weighted by molar-refractivity contribution is -0.138. The van der Waals surface area contributed by atoms with Gasteiger partial charge >= 0.3 is 5.97 Å². The third-order valence-corrected chi connectivity index (χ3v) is 4.03. The highest BCUT2D eigenvalue weighted by molar-refractivity contribution is 5.95. The molecule has 7 nitrogen and oxygen atoms in total. The van der Waals surface area contributed by atoms with E-state index in [4.69, 9.17) is 4.42 Å². The first-order valence-corrected chi connectivity index (χ1v) is 8.40. The van der Waals surface area contributed by atoms with Gasteiger partial charge in [0.15, 0.2) is 5.76 Å². The highest BCUT2D eigenvalue weighted by Crippen LogP contribution is 2.16. The van der Waals surface area contributed by atoms with E-state index in [-0.39, 0.29) is 18.2 Å². The van der Waals surface area contributed by atoms with Gasteiger partial charge in [-0.05, 0) is 35.7 Å². The first-order chi connectivity index (χ1) is 12.8. The molecule has 8 heteroatoms. The maximum Gasteiger partial charge on any atom is 0.312 e. The van der Waals surface area contributed by atoms with Crippen LogP contribution in [-0.2, 0) is 9.59 Å². The molecule has 0 aliphatic heterocycles. The average molecular weight is 376 g/mol. The van der Waals surface area contributed by atoms with E-state index in [2.05, 4.69) is 10.6 Å². The second-order valence-corrected chi connectivity index (χ2v) is 6.36. The molecule has 2 rings (SSSR count). The van der Waals surface area contributed by atoms with Gasteiger partial charge in [0, 0.05) is 6.54 Å². The SMILES string of the molecule is CC(C)C(NC(=O)c1ccco1)C(=O)NCC(C(=O)O)c1ccc(F)cc1. The van der Waals surface area contributed by atoms with Crippen molar-refractivity contribution in [2.75, 3.05) is 6.54 Å². The maximum atomic E-state index is 13.0. The minimum atomic E-state index is -1.15. The molecule has 2 amide bonds. The van der Waals surface area contributed by atoms with E-state index in [0.29, 0.717) is 5.56 Å². The van der Waals surface area contributed by atoms with E-state index in [1.54, 1.807) is 19.9 Å². The molecule has 0 radical (unpaired) electrons. The molecule has 3 N–H and O–H groups in total. The van der Waals surface area contributed by atoms with E-state index in [1.807, 2.05) is 0 Å². The van der Waals surface area contributed by atoms with Crippen molar-refractivity contribution >= 4 is 17.8 Å². The molecule has 0 spiro atoms. The fraction of sp³-hybridized carbons (Fsp3) is 0.316. The number of furan rings is 1. The number of hydrogen-bond acceptors (Lipinski definition) is 4. The lowest BCUT2D eigenvalue weighted by Gasteiger charge is -2.22. The van der Waals surface area contributed by atoms with Gasteiger partial charge < -0.3 is 20.2 Å². The summed E-state index contributed by atoms with van der Waals surface area (Å²) in [6.45, 7) is 3.31. The Morgan fingerprint density at radius 1 is 1.15 bits per heavy atom. The molecule has 0 bridgehead atoms. The number of carboxylic acid groups (broad SMARTS) is 1. The number of rotatable bonds is 8. The number of carbonyl (C=O) groups excluding carboxylic acids is 2. The topological polar surface area (TPSA) is 109 Å². The smallest absolute Gasteiger partial charge is 0.312 e. The number of benzene rings is 1. The summed E-state index contributed by atoms with van der Waals surface area (Å²) in [6.07, 6.45) is 1.35. The van der Waals surface area contributed by atoms with E-state index in [9.17, 15) is 23.9 Å². The number of nitrogens with one attached hydrogen (secondary N) is 2. The average Bonchev–Trinajstić information content (AvgIpc) is 3.15. The van der Waals surface area contributed by atoms with Gasteiger partial charge in [-0.25, -0.2) is 4.39 Å². The molecule has 0 aliphatic carbocycles. The second kappa shape index (κ2) is 8.98. The Hall–Kier alpha value is -3.16. The van der Waals surface area contributed by atoms with Gasteiger partial charge in [0.05, 0.1) is 12.2 Å². The van der Waals surface area contributed by atoms with Gasteiger partial charge in [-0.3, -0.25) is 14.4 Å². The van der Waals surface area contributed by atoms with Gasteiger partial charge in [0.2, 0.25) is 5.91 Å². The fourth-order valence-electron chi connectivity index (χ4n) is 2.51. The summed E-state index contributed by atoms with van der Waals surface area (Å²) in [5.74, 6) is -3.89. The summed E-state index contributed by atoms with van der Waals surface area (Å²) in [7, 11) is 0. The lowest BCUT2D eigenvalue weighted by atomic mass is 9.98. The molecule has 2 unspecified atom stereocenters. The van der Waals surface area contributed by atoms with Crippen LogP contribution in [0.5, 0.6) is 0 Å². The van der Waals surface area contributed by atoms with Gasteiger partial charge in [-0.1, -0.05) is 26.0 Å². The van der Waals surface area contributed by atoms with Gasteiger partial charge in [0.1, 0.15) is 11.9 Å². The monoisotopic (exact) mass is 376 g/mol. The van der Waals surface area contributed by atoms with Crippen LogP contribution in [0.4, 0.5) is 4.39 Å². The minimum absolute atomic E-state index is 0.0724. The Balaban J connectivity index is 2.04. The van der Waals surface area contributed by atoms with Crippen molar-refractivity contribution in [3.8, 4) is 0 Å². The highest BCUT2D eigenvalue weighted by Gasteiger charge is 2.27. The summed E-state index contributed by atoms with van der Waals surface area (Å²) < 4.78 is 18.0. The predicted molar refractivity (Wildman–Crippen MR) is 94.6 cm³/mol. The zero-order valence-corrected chi connectivity index (χ0v) is 14.9. The molecule has 1 aromatic carbocycles. The minimum Gasteiger partial charge on any atom is -0.481 e. The molecule has 1 heterocycles. The van der Waals surface area contributed by atoms with Crippen LogP contribution in [0, 0.1) is 11.7 Å². The van der Waals surface area contributed by atoms with Crippen LogP contribution >= 0.6 is 0 Å². The van der Waals surface area contributed by atoms with E-state index >= 15 is 0 Å². The molecule has 1 aromatic heterocycles. The second-order valence-electron chi connectivity index (χ2n) is 6.36. The van der Waals surface area contributed by atoms with Crippen LogP contribution in [0.25, 0.3) is 0 Å². The largest absolute Gasteiger partial charge is 0.481 e. The Morgan fingerprint density at radius 3 is 2.33 bits per heavy atom. The molecule has 0 aliphatic rings. The zero-order valence-electron chi connectivity index (χ0n) is 14.9. The number of halogens is 1. The van der Waals surface area contributed by atoms with Crippen molar-refractivity contribution in [3.05, 3.63) is 59.8 Å². The third kappa shape index (κ3) is 5.40. The Morgan fingerprint density at radius 2 is 1.81 bits per heavy atom. The van der Waals surface area contributed by atoms with Crippen LogP contribution in [-0.4, -0.2) is 35.5 Å². The maximum absolute atomic E-state index is 13.0. The highest BCUT2D eigenvalue weighted by atomic mass is 19.1. The Labute approximate surface area is 155 Å².